The molecule has 1 aliphatic carbocycles. The van der Waals surface area contributed by atoms with Gasteiger partial charge in [-0.15, -0.1) is 5.10 Å². The van der Waals surface area contributed by atoms with Gasteiger partial charge in [-0.1, -0.05) is 61.4 Å². The highest BCUT2D eigenvalue weighted by Gasteiger charge is 2.33. The smallest absolute Gasteiger partial charge is 0.294 e. The molecule has 7 nitrogen and oxygen atoms in total. The van der Waals surface area contributed by atoms with E-state index in [1.54, 1.807) is 9.58 Å². The molecular weight excluding hydrogens is 426 g/mol. The lowest BCUT2D eigenvalue weighted by Crippen LogP contribution is -2.48. The fourth-order valence-corrected chi connectivity index (χ4v) is 5.03. The van der Waals surface area contributed by atoms with E-state index in [1.165, 1.54) is 0 Å². The van der Waals surface area contributed by atoms with Gasteiger partial charge in [0, 0.05) is 24.7 Å². The first-order valence-electron chi connectivity index (χ1n) is 12.4. The number of likely N-dealkylation sites (tertiary alicyclic amines) is 1. The Balaban J connectivity index is 1.48. The Kier molecular flexibility index (Phi) is 6.70. The average Bonchev–Trinajstić information content (AvgIpc) is 3.59. The third kappa shape index (κ3) is 4.74. The molecule has 0 atom stereocenters. The van der Waals surface area contributed by atoms with Gasteiger partial charge in [0.1, 0.15) is 6.54 Å². The average molecular weight is 458 g/mol. The van der Waals surface area contributed by atoms with E-state index in [0.29, 0.717) is 5.82 Å². The number of benzene rings is 2. The van der Waals surface area contributed by atoms with Gasteiger partial charge in [-0.2, -0.15) is 0 Å². The number of nitrogens with zero attached hydrogens (tertiary/aromatic N) is 5. The molecule has 3 aromatic rings. The van der Waals surface area contributed by atoms with E-state index < -0.39 is 0 Å². The van der Waals surface area contributed by atoms with Crippen LogP contribution in [-0.4, -0.2) is 62.1 Å². The van der Waals surface area contributed by atoms with Crippen LogP contribution in [0.3, 0.4) is 0 Å². The Morgan fingerprint density at radius 3 is 2.18 bits per heavy atom. The van der Waals surface area contributed by atoms with Gasteiger partial charge < -0.3 is 9.80 Å². The second-order valence-corrected chi connectivity index (χ2v) is 9.19. The van der Waals surface area contributed by atoms with Crippen molar-refractivity contribution in [2.75, 3.05) is 19.6 Å². The maximum Gasteiger partial charge on any atom is 0.294 e. The molecule has 0 radical (unpaired) electrons. The van der Waals surface area contributed by atoms with E-state index in [9.17, 15) is 9.59 Å². The molecule has 1 aliphatic heterocycles. The van der Waals surface area contributed by atoms with Crippen molar-refractivity contribution in [3.63, 3.8) is 0 Å². The molecule has 0 N–H and O–H groups in total. The molecule has 1 aromatic heterocycles. The Bertz CT molecular complexity index is 1060. The van der Waals surface area contributed by atoms with Gasteiger partial charge in [0.15, 0.2) is 5.82 Å². The Morgan fingerprint density at radius 1 is 0.853 bits per heavy atom. The van der Waals surface area contributed by atoms with Crippen molar-refractivity contribution in [1.82, 2.24) is 24.6 Å². The zero-order valence-corrected chi connectivity index (χ0v) is 19.5. The summed E-state index contributed by atoms with van der Waals surface area (Å²) in [6, 6.07) is 19.6. The number of rotatable bonds is 6. The molecule has 0 spiro atoms. The number of para-hydroxylation sites is 1. The molecule has 7 heteroatoms. The monoisotopic (exact) mass is 457 g/mol. The fraction of sp³-hybridized carbons (Fsp3) is 0.407. The summed E-state index contributed by atoms with van der Waals surface area (Å²) >= 11 is 0. The molecule has 2 amide bonds. The molecule has 0 bridgehead atoms. The van der Waals surface area contributed by atoms with Gasteiger partial charge in [-0.25, -0.2) is 9.67 Å². The van der Waals surface area contributed by atoms with Crippen LogP contribution in [0.5, 0.6) is 0 Å². The minimum absolute atomic E-state index is 0.0331. The van der Waals surface area contributed by atoms with Crippen molar-refractivity contribution in [1.29, 1.82) is 0 Å². The van der Waals surface area contributed by atoms with Crippen molar-refractivity contribution in [2.24, 2.45) is 0 Å². The van der Waals surface area contributed by atoms with Crippen molar-refractivity contribution in [2.45, 2.75) is 51.0 Å². The number of carbonyl (C=O) groups excluding carboxylic acids is 2. The highest BCUT2D eigenvalue weighted by Crippen LogP contribution is 2.26. The summed E-state index contributed by atoms with van der Waals surface area (Å²) in [5.74, 6) is 0.528. The van der Waals surface area contributed by atoms with E-state index >= 15 is 0 Å². The Hall–Kier alpha value is -3.48. The van der Waals surface area contributed by atoms with Crippen LogP contribution in [0.4, 0.5) is 0 Å². The van der Waals surface area contributed by atoms with Gasteiger partial charge in [0.2, 0.25) is 11.7 Å². The van der Waals surface area contributed by atoms with Gasteiger partial charge in [0.05, 0.1) is 5.69 Å². The first-order valence-corrected chi connectivity index (χ1v) is 12.4. The van der Waals surface area contributed by atoms with Crippen LogP contribution < -0.4 is 0 Å². The number of piperidine rings is 1. The van der Waals surface area contributed by atoms with Crippen LogP contribution in [0, 0.1) is 0 Å². The molecule has 34 heavy (non-hydrogen) atoms. The van der Waals surface area contributed by atoms with Gasteiger partial charge in [-0.05, 0) is 44.2 Å². The first-order chi connectivity index (χ1) is 16.7. The lowest BCUT2D eigenvalue weighted by atomic mass is 10.1. The second kappa shape index (κ2) is 10.2. The van der Waals surface area contributed by atoms with Crippen LogP contribution in [0.25, 0.3) is 17.1 Å². The summed E-state index contributed by atoms with van der Waals surface area (Å²) in [7, 11) is 0. The van der Waals surface area contributed by atoms with Crippen LogP contribution in [-0.2, 0) is 4.79 Å². The summed E-state index contributed by atoms with van der Waals surface area (Å²) in [4.78, 5) is 35.2. The first kappa shape index (κ1) is 22.3. The quantitative estimate of drug-likeness (QED) is 0.552. The fourth-order valence-electron chi connectivity index (χ4n) is 5.03. The van der Waals surface area contributed by atoms with Crippen LogP contribution in [0.1, 0.15) is 55.6 Å². The van der Waals surface area contributed by atoms with Crippen molar-refractivity contribution < 1.29 is 9.59 Å². The van der Waals surface area contributed by atoms with E-state index in [4.69, 9.17) is 4.98 Å². The molecule has 2 fully saturated rings. The molecular formula is C27H31N5O2. The van der Waals surface area contributed by atoms with Crippen molar-refractivity contribution in [3.8, 4) is 17.1 Å². The minimum atomic E-state index is -0.260. The molecule has 2 heterocycles. The molecule has 176 valence electrons. The zero-order chi connectivity index (χ0) is 23.3. The van der Waals surface area contributed by atoms with E-state index in [0.717, 1.165) is 69.3 Å². The minimum Gasteiger partial charge on any atom is -0.341 e. The SMILES string of the molecule is O=C(CN(C(=O)c1nc(-c2ccccc2)n(-c2ccccc2)n1)C1CCCC1)N1CCCCC1. The Labute approximate surface area is 200 Å². The predicted octanol–water partition coefficient (Wildman–Crippen LogP) is 4.33. The van der Waals surface area contributed by atoms with Crippen molar-refractivity contribution >= 4 is 11.8 Å². The molecule has 0 unspecified atom stereocenters. The van der Waals surface area contributed by atoms with Gasteiger partial charge in [-0.3, -0.25) is 9.59 Å². The van der Waals surface area contributed by atoms with Gasteiger partial charge >= 0.3 is 0 Å². The summed E-state index contributed by atoms with van der Waals surface area (Å²) < 4.78 is 1.72. The molecule has 5 rings (SSSR count). The lowest BCUT2D eigenvalue weighted by molar-refractivity contribution is -0.133. The van der Waals surface area contributed by atoms with Crippen LogP contribution in [0.2, 0.25) is 0 Å². The maximum atomic E-state index is 13.8. The van der Waals surface area contributed by atoms with Crippen LogP contribution in [0.15, 0.2) is 60.7 Å². The number of aromatic nitrogens is 3. The summed E-state index contributed by atoms with van der Waals surface area (Å²) in [5.41, 5.74) is 1.72. The normalized spacial score (nSPS) is 16.5. The van der Waals surface area contributed by atoms with E-state index in [2.05, 4.69) is 5.10 Å². The highest BCUT2D eigenvalue weighted by atomic mass is 16.2. The third-order valence-electron chi connectivity index (χ3n) is 6.87. The summed E-state index contributed by atoms with van der Waals surface area (Å²) in [6.45, 7) is 1.67. The molecule has 1 saturated heterocycles. The molecule has 1 saturated carbocycles. The number of hydrogen-bond donors (Lipinski definition) is 0. The molecule has 2 aromatic carbocycles. The molecule has 2 aliphatic rings. The summed E-state index contributed by atoms with van der Waals surface area (Å²) in [6.07, 6.45) is 7.23. The second-order valence-electron chi connectivity index (χ2n) is 9.19. The van der Waals surface area contributed by atoms with Crippen molar-refractivity contribution in [3.05, 3.63) is 66.5 Å². The standard InChI is InChI=1S/C27H31N5O2/c33-24(30-18-10-3-11-19-30)20-31(22-14-8-9-15-22)27(34)25-28-26(21-12-4-1-5-13-21)32(29-25)23-16-6-2-7-17-23/h1-2,4-7,12-13,16-17,22H,3,8-11,14-15,18-20H2. The number of amides is 2. The predicted molar refractivity (Wildman–Crippen MR) is 131 cm³/mol. The number of carbonyl (C=O) groups is 2. The highest BCUT2D eigenvalue weighted by molar-refractivity contribution is 5.94. The van der Waals surface area contributed by atoms with E-state index in [1.807, 2.05) is 65.6 Å². The van der Waals surface area contributed by atoms with E-state index in [-0.39, 0.29) is 30.2 Å². The third-order valence-corrected chi connectivity index (χ3v) is 6.87. The maximum absolute atomic E-state index is 13.8. The zero-order valence-electron chi connectivity index (χ0n) is 19.5. The van der Waals surface area contributed by atoms with Gasteiger partial charge in [0.25, 0.3) is 5.91 Å². The summed E-state index contributed by atoms with van der Waals surface area (Å²) in [5, 5.41) is 4.66. The largest absolute Gasteiger partial charge is 0.341 e. The van der Waals surface area contributed by atoms with Crippen LogP contribution >= 0.6 is 0 Å². The topological polar surface area (TPSA) is 71.3 Å². The lowest BCUT2D eigenvalue weighted by Gasteiger charge is -2.32. The Morgan fingerprint density at radius 2 is 1.50 bits per heavy atom. The number of hydrogen-bond acceptors (Lipinski definition) is 4.